The second-order valence-corrected chi connectivity index (χ2v) is 2.91. The lowest BCUT2D eigenvalue weighted by Crippen LogP contribution is -2.30. The van der Waals surface area contributed by atoms with Gasteiger partial charge in [0.25, 0.3) is 0 Å². The minimum absolute atomic E-state index is 0.0290. The summed E-state index contributed by atoms with van der Waals surface area (Å²) < 4.78 is 5.08. The number of aliphatic hydroxyl groups is 1. The van der Waals surface area contributed by atoms with Gasteiger partial charge >= 0.3 is 5.97 Å². The number of carboxylic acids is 1. The Morgan fingerprint density at radius 1 is 1.36 bits per heavy atom. The number of rotatable bonds is 9. The molecule has 0 aliphatic carbocycles. The van der Waals surface area contributed by atoms with Gasteiger partial charge in [0.05, 0.1) is 26.2 Å². The van der Waals surface area contributed by atoms with Crippen molar-refractivity contribution >= 4 is 5.97 Å². The molecule has 0 spiro atoms. The van der Waals surface area contributed by atoms with Crippen LogP contribution in [0.3, 0.4) is 0 Å². The first-order chi connectivity index (χ1) is 6.70. The molecule has 5 heteroatoms. The van der Waals surface area contributed by atoms with Gasteiger partial charge in [-0.25, -0.2) is 0 Å². The highest BCUT2D eigenvalue weighted by Gasteiger charge is 2.04. The maximum Gasteiger partial charge on any atom is 0.304 e. The maximum absolute atomic E-state index is 10.3. The predicted molar refractivity (Wildman–Crippen MR) is 52.3 cm³/mol. The third-order valence-electron chi connectivity index (χ3n) is 1.88. The summed E-state index contributed by atoms with van der Waals surface area (Å²) in [6.45, 7) is 4.97. The summed E-state index contributed by atoms with van der Waals surface area (Å²) in [6.07, 6.45) is 0.161. The number of likely N-dealkylation sites (N-methyl/N-ethyl adjacent to an activating group) is 1. The van der Waals surface area contributed by atoms with Crippen LogP contribution in [0.15, 0.2) is 0 Å². The Bertz CT molecular complexity index is 152. The zero-order valence-corrected chi connectivity index (χ0v) is 8.61. The van der Waals surface area contributed by atoms with Crippen molar-refractivity contribution in [3.8, 4) is 0 Å². The molecule has 0 aromatic carbocycles. The molecule has 5 nitrogen and oxygen atoms in total. The molecule has 0 saturated heterocycles. The summed E-state index contributed by atoms with van der Waals surface area (Å²) in [7, 11) is 0. The van der Waals surface area contributed by atoms with E-state index in [9.17, 15) is 4.79 Å². The average molecular weight is 205 g/mol. The Kier molecular flexibility index (Phi) is 8.51. The topological polar surface area (TPSA) is 70.0 Å². The lowest BCUT2D eigenvalue weighted by Gasteiger charge is -2.18. The van der Waals surface area contributed by atoms with Crippen molar-refractivity contribution in [2.24, 2.45) is 0 Å². The van der Waals surface area contributed by atoms with Gasteiger partial charge in [0.2, 0.25) is 0 Å². The van der Waals surface area contributed by atoms with Crippen LogP contribution in [0, 0.1) is 0 Å². The third-order valence-corrected chi connectivity index (χ3v) is 1.88. The fourth-order valence-corrected chi connectivity index (χ4v) is 1.04. The van der Waals surface area contributed by atoms with E-state index in [2.05, 4.69) is 0 Å². The van der Waals surface area contributed by atoms with E-state index in [0.29, 0.717) is 26.3 Å². The van der Waals surface area contributed by atoms with Gasteiger partial charge in [-0.3, -0.25) is 4.79 Å². The predicted octanol–water partition coefficient (Wildman–Crippen LogP) is -0.208. The molecule has 0 amide bonds. The van der Waals surface area contributed by atoms with Crippen LogP contribution in [0.4, 0.5) is 0 Å². The van der Waals surface area contributed by atoms with Crippen molar-refractivity contribution in [2.45, 2.75) is 13.3 Å². The largest absolute Gasteiger partial charge is 0.481 e. The van der Waals surface area contributed by atoms with Gasteiger partial charge in [0, 0.05) is 13.1 Å². The Balaban J connectivity index is 3.42. The van der Waals surface area contributed by atoms with Crippen LogP contribution in [0.2, 0.25) is 0 Å². The van der Waals surface area contributed by atoms with E-state index in [1.165, 1.54) is 0 Å². The van der Waals surface area contributed by atoms with Crippen molar-refractivity contribution < 1.29 is 19.7 Å². The molecular formula is C9H19NO4. The highest BCUT2D eigenvalue weighted by atomic mass is 16.5. The maximum atomic E-state index is 10.3. The molecule has 14 heavy (non-hydrogen) atoms. The van der Waals surface area contributed by atoms with E-state index < -0.39 is 5.97 Å². The molecule has 0 heterocycles. The average Bonchev–Trinajstić information content (AvgIpc) is 2.16. The van der Waals surface area contributed by atoms with Gasteiger partial charge in [-0.2, -0.15) is 0 Å². The molecule has 0 aromatic rings. The van der Waals surface area contributed by atoms with E-state index in [0.717, 1.165) is 6.54 Å². The van der Waals surface area contributed by atoms with Gasteiger partial charge in [-0.1, -0.05) is 6.92 Å². The first-order valence-corrected chi connectivity index (χ1v) is 4.83. The lowest BCUT2D eigenvalue weighted by molar-refractivity contribution is -0.137. The first kappa shape index (κ1) is 13.4. The molecule has 84 valence electrons. The molecular weight excluding hydrogens is 186 g/mol. The summed E-state index contributed by atoms with van der Waals surface area (Å²) >= 11 is 0. The molecule has 0 rings (SSSR count). The minimum Gasteiger partial charge on any atom is -0.481 e. The van der Waals surface area contributed by atoms with Crippen LogP contribution in [-0.4, -0.2) is 60.5 Å². The normalized spacial score (nSPS) is 10.8. The number of hydrogen-bond acceptors (Lipinski definition) is 4. The number of carboxylic acid groups (broad SMARTS) is 1. The van der Waals surface area contributed by atoms with E-state index in [1.807, 2.05) is 11.8 Å². The Morgan fingerprint density at radius 3 is 2.57 bits per heavy atom. The monoisotopic (exact) mass is 205 g/mol. The standard InChI is InChI=1S/C9H19NO4/c1-2-10(4-3-9(12)13)5-7-14-8-6-11/h11H,2-8H2,1H3,(H,12,13). The Hall–Kier alpha value is -0.650. The second-order valence-electron chi connectivity index (χ2n) is 2.91. The zero-order valence-electron chi connectivity index (χ0n) is 8.61. The van der Waals surface area contributed by atoms with Crippen molar-refractivity contribution in [3.05, 3.63) is 0 Å². The van der Waals surface area contributed by atoms with E-state index in [1.54, 1.807) is 0 Å². The van der Waals surface area contributed by atoms with Crippen LogP contribution >= 0.6 is 0 Å². The first-order valence-electron chi connectivity index (χ1n) is 4.83. The van der Waals surface area contributed by atoms with Crippen LogP contribution in [0.25, 0.3) is 0 Å². The molecule has 0 radical (unpaired) electrons. The molecule has 0 unspecified atom stereocenters. The number of aliphatic carboxylic acids is 1. The smallest absolute Gasteiger partial charge is 0.304 e. The lowest BCUT2D eigenvalue weighted by atomic mass is 10.4. The van der Waals surface area contributed by atoms with Crippen molar-refractivity contribution in [1.82, 2.24) is 4.90 Å². The summed E-state index contributed by atoms with van der Waals surface area (Å²) in [6, 6.07) is 0. The number of carbonyl (C=O) groups is 1. The summed E-state index contributed by atoms with van der Waals surface area (Å²) in [5, 5.41) is 16.9. The Morgan fingerprint density at radius 2 is 2.07 bits per heavy atom. The van der Waals surface area contributed by atoms with Crippen molar-refractivity contribution in [1.29, 1.82) is 0 Å². The fraction of sp³-hybridized carbons (Fsp3) is 0.889. The number of aliphatic hydroxyl groups excluding tert-OH is 1. The van der Waals surface area contributed by atoms with E-state index in [-0.39, 0.29) is 13.0 Å². The number of nitrogens with zero attached hydrogens (tertiary/aromatic N) is 1. The highest BCUT2D eigenvalue weighted by molar-refractivity contribution is 5.66. The fourth-order valence-electron chi connectivity index (χ4n) is 1.04. The second kappa shape index (κ2) is 8.93. The van der Waals surface area contributed by atoms with Gasteiger partial charge in [-0.05, 0) is 6.54 Å². The Labute approximate surface area is 84.3 Å². The van der Waals surface area contributed by atoms with Gasteiger partial charge < -0.3 is 19.8 Å². The van der Waals surface area contributed by atoms with Gasteiger partial charge in [0.1, 0.15) is 0 Å². The van der Waals surface area contributed by atoms with Crippen LogP contribution in [-0.2, 0) is 9.53 Å². The molecule has 0 fully saturated rings. The number of ether oxygens (including phenoxy) is 1. The molecule has 0 saturated carbocycles. The molecule has 0 bridgehead atoms. The highest BCUT2D eigenvalue weighted by Crippen LogP contribution is 1.91. The molecule has 0 atom stereocenters. The van der Waals surface area contributed by atoms with Crippen LogP contribution in [0.1, 0.15) is 13.3 Å². The van der Waals surface area contributed by atoms with Gasteiger partial charge in [-0.15, -0.1) is 0 Å². The van der Waals surface area contributed by atoms with Gasteiger partial charge in [0.15, 0.2) is 0 Å². The minimum atomic E-state index is -0.778. The molecule has 0 aliphatic rings. The number of hydrogen-bond donors (Lipinski definition) is 2. The molecule has 2 N–H and O–H groups in total. The van der Waals surface area contributed by atoms with E-state index in [4.69, 9.17) is 14.9 Å². The zero-order chi connectivity index (χ0) is 10.8. The molecule has 0 aromatic heterocycles. The van der Waals surface area contributed by atoms with Crippen LogP contribution in [0.5, 0.6) is 0 Å². The quantitative estimate of drug-likeness (QED) is 0.510. The third kappa shape index (κ3) is 7.97. The van der Waals surface area contributed by atoms with Crippen LogP contribution < -0.4 is 0 Å². The van der Waals surface area contributed by atoms with Crippen molar-refractivity contribution in [3.63, 3.8) is 0 Å². The van der Waals surface area contributed by atoms with E-state index >= 15 is 0 Å². The summed E-state index contributed by atoms with van der Waals surface area (Å²) in [5.41, 5.74) is 0. The molecule has 0 aliphatic heterocycles. The SMILES string of the molecule is CCN(CCOCCO)CCC(=O)O. The summed E-state index contributed by atoms with van der Waals surface area (Å²) in [5.74, 6) is -0.778. The summed E-state index contributed by atoms with van der Waals surface area (Å²) in [4.78, 5) is 12.3. The van der Waals surface area contributed by atoms with Crippen molar-refractivity contribution in [2.75, 3.05) is 39.5 Å².